The van der Waals surface area contributed by atoms with Gasteiger partial charge in [0.25, 0.3) is 6.43 Å². The third kappa shape index (κ3) is 4.78. The van der Waals surface area contributed by atoms with E-state index in [9.17, 15) is 13.6 Å². The minimum Gasteiger partial charge on any atom is -0.395 e. The number of aliphatic hydroxyl groups is 1. The maximum absolute atomic E-state index is 12.3. The van der Waals surface area contributed by atoms with Crippen LogP contribution in [0.4, 0.5) is 8.78 Å². The van der Waals surface area contributed by atoms with E-state index in [-0.39, 0.29) is 29.6 Å². The van der Waals surface area contributed by atoms with Gasteiger partial charge in [-0.1, -0.05) is 23.2 Å². The van der Waals surface area contributed by atoms with Gasteiger partial charge in [-0.2, -0.15) is 0 Å². The molecule has 0 aromatic carbocycles. The minimum absolute atomic E-state index is 0.00552. The Morgan fingerprint density at radius 3 is 2.61 bits per heavy atom. The lowest BCUT2D eigenvalue weighted by atomic mass is 10.2. The second-order valence-electron chi connectivity index (χ2n) is 3.51. The molecule has 0 aliphatic carbocycles. The van der Waals surface area contributed by atoms with Gasteiger partial charge in [0.2, 0.25) is 0 Å². The van der Waals surface area contributed by atoms with Crippen LogP contribution in [-0.2, 0) is 0 Å². The van der Waals surface area contributed by atoms with E-state index in [0.717, 1.165) is 11.3 Å². The van der Waals surface area contributed by atoms with Crippen LogP contribution in [0, 0.1) is 0 Å². The molecule has 102 valence electrons. The van der Waals surface area contributed by atoms with E-state index >= 15 is 0 Å². The molecule has 3 nitrogen and oxygen atoms in total. The molecule has 1 aromatic rings. The van der Waals surface area contributed by atoms with Gasteiger partial charge in [0.15, 0.2) is 5.78 Å². The summed E-state index contributed by atoms with van der Waals surface area (Å²) in [5.41, 5.74) is 0.226. The molecule has 8 heteroatoms. The van der Waals surface area contributed by atoms with Gasteiger partial charge in [0, 0.05) is 6.54 Å². The number of Topliss-reactive ketones (excluding diaryl/α,β-unsaturated/α-hetero) is 1. The first-order chi connectivity index (χ1) is 8.43. The van der Waals surface area contributed by atoms with E-state index in [2.05, 4.69) is 0 Å². The van der Waals surface area contributed by atoms with Crippen LogP contribution < -0.4 is 0 Å². The van der Waals surface area contributed by atoms with Gasteiger partial charge in [-0.25, -0.2) is 8.78 Å². The average Bonchev–Trinajstić information content (AvgIpc) is 2.57. The predicted molar refractivity (Wildman–Crippen MR) is 68.2 cm³/mol. The van der Waals surface area contributed by atoms with Crippen LogP contribution in [0.5, 0.6) is 0 Å². The van der Waals surface area contributed by atoms with Crippen LogP contribution in [0.2, 0.25) is 8.67 Å². The first-order valence-corrected chi connectivity index (χ1v) is 6.60. The van der Waals surface area contributed by atoms with Crippen molar-refractivity contribution in [3.05, 3.63) is 20.3 Å². The zero-order valence-corrected chi connectivity index (χ0v) is 11.5. The highest BCUT2D eigenvalue weighted by Crippen LogP contribution is 2.31. The van der Waals surface area contributed by atoms with Crippen molar-refractivity contribution >= 4 is 40.3 Å². The summed E-state index contributed by atoms with van der Waals surface area (Å²) < 4.78 is 25.1. The Bertz CT molecular complexity index is 415. The normalized spacial score (nSPS) is 11.5. The van der Waals surface area contributed by atoms with Crippen LogP contribution in [0.1, 0.15) is 10.4 Å². The van der Waals surface area contributed by atoms with Crippen LogP contribution in [0.25, 0.3) is 0 Å². The lowest BCUT2D eigenvalue weighted by Crippen LogP contribution is -2.36. The summed E-state index contributed by atoms with van der Waals surface area (Å²) in [6, 6.07) is 1.41. The monoisotopic (exact) mass is 317 g/mol. The van der Waals surface area contributed by atoms with Crippen molar-refractivity contribution in [2.45, 2.75) is 6.43 Å². The number of alkyl halides is 2. The minimum atomic E-state index is -2.56. The van der Waals surface area contributed by atoms with Gasteiger partial charge < -0.3 is 5.11 Å². The number of carbonyl (C=O) groups excluding carboxylic acids is 1. The standard InChI is InChI=1S/C10H11Cl2F2NO2S/c11-8-3-6(10(12)18-8)7(17)4-15(1-2-16)5-9(13)14/h3,9,16H,1-2,4-5H2. The molecule has 0 radical (unpaired) electrons. The summed E-state index contributed by atoms with van der Waals surface area (Å²) in [6.07, 6.45) is -2.56. The van der Waals surface area contributed by atoms with Crippen molar-refractivity contribution in [2.24, 2.45) is 0 Å². The first kappa shape index (κ1) is 15.8. The zero-order valence-electron chi connectivity index (χ0n) is 9.21. The number of halogens is 4. The summed E-state index contributed by atoms with van der Waals surface area (Å²) in [6.45, 7) is -1.08. The summed E-state index contributed by atoms with van der Waals surface area (Å²) in [7, 11) is 0. The van der Waals surface area contributed by atoms with E-state index in [1.54, 1.807) is 0 Å². The number of nitrogens with zero attached hydrogens (tertiary/aromatic N) is 1. The van der Waals surface area contributed by atoms with Crippen LogP contribution in [-0.4, -0.2) is 48.5 Å². The molecule has 0 saturated carbocycles. The van der Waals surface area contributed by atoms with Gasteiger partial charge in [0.05, 0.1) is 29.6 Å². The molecule has 0 bridgehead atoms. The smallest absolute Gasteiger partial charge is 0.251 e. The summed E-state index contributed by atoms with van der Waals surface area (Å²) in [4.78, 5) is 13.0. The fourth-order valence-corrected chi connectivity index (χ4v) is 2.89. The Labute approximate surface area is 117 Å². The summed E-state index contributed by atoms with van der Waals surface area (Å²) >= 11 is 12.5. The third-order valence-electron chi connectivity index (χ3n) is 2.14. The number of aliphatic hydroxyl groups excluding tert-OH is 1. The maximum Gasteiger partial charge on any atom is 0.251 e. The molecule has 0 unspecified atom stereocenters. The molecule has 18 heavy (non-hydrogen) atoms. The van der Waals surface area contributed by atoms with E-state index in [1.165, 1.54) is 11.0 Å². The van der Waals surface area contributed by atoms with Crippen molar-refractivity contribution < 1.29 is 18.7 Å². The molecule has 1 heterocycles. The molecule has 1 N–H and O–H groups in total. The molecule has 0 fully saturated rings. The molecular weight excluding hydrogens is 307 g/mol. The largest absolute Gasteiger partial charge is 0.395 e. The molecule has 0 spiro atoms. The Morgan fingerprint density at radius 1 is 1.50 bits per heavy atom. The second kappa shape index (κ2) is 7.35. The van der Waals surface area contributed by atoms with Crippen molar-refractivity contribution in [1.29, 1.82) is 0 Å². The Hall–Kier alpha value is -0.270. The summed E-state index contributed by atoms with van der Waals surface area (Å²) in [5, 5.41) is 8.75. The van der Waals surface area contributed by atoms with Gasteiger partial charge in [-0.05, 0) is 6.07 Å². The lowest BCUT2D eigenvalue weighted by Gasteiger charge is -2.19. The maximum atomic E-state index is 12.3. The van der Waals surface area contributed by atoms with Crippen LogP contribution in [0.15, 0.2) is 6.07 Å². The SMILES string of the molecule is O=C(CN(CCO)CC(F)F)c1cc(Cl)sc1Cl. The van der Waals surface area contributed by atoms with Crippen LogP contribution in [0.3, 0.4) is 0 Å². The van der Waals surface area contributed by atoms with E-state index in [0.29, 0.717) is 4.34 Å². The lowest BCUT2D eigenvalue weighted by molar-refractivity contribution is 0.0689. The molecule has 0 atom stereocenters. The van der Waals surface area contributed by atoms with Crippen molar-refractivity contribution in [3.8, 4) is 0 Å². The third-order valence-corrected chi connectivity index (χ3v) is 3.62. The number of hydrogen-bond donors (Lipinski definition) is 1. The van der Waals surface area contributed by atoms with Gasteiger partial charge in [-0.15, -0.1) is 11.3 Å². The number of hydrogen-bond acceptors (Lipinski definition) is 4. The molecular formula is C10H11Cl2F2NO2S. The van der Waals surface area contributed by atoms with Crippen LogP contribution >= 0.6 is 34.5 Å². The highest BCUT2D eigenvalue weighted by molar-refractivity contribution is 7.20. The van der Waals surface area contributed by atoms with Crippen molar-refractivity contribution in [2.75, 3.05) is 26.2 Å². The fraction of sp³-hybridized carbons (Fsp3) is 0.500. The molecule has 0 saturated heterocycles. The van der Waals surface area contributed by atoms with Crippen molar-refractivity contribution in [1.82, 2.24) is 4.90 Å². The number of carbonyl (C=O) groups is 1. The number of thiophene rings is 1. The van der Waals surface area contributed by atoms with Gasteiger partial charge >= 0.3 is 0 Å². The molecule has 1 aromatic heterocycles. The average molecular weight is 318 g/mol. The molecule has 0 aliphatic rings. The fourth-order valence-electron chi connectivity index (χ4n) is 1.39. The number of ketones is 1. The molecule has 1 rings (SSSR count). The first-order valence-electron chi connectivity index (χ1n) is 5.03. The second-order valence-corrected chi connectivity index (χ2v) is 5.80. The molecule has 0 aliphatic heterocycles. The van der Waals surface area contributed by atoms with Crippen molar-refractivity contribution in [3.63, 3.8) is 0 Å². The van der Waals surface area contributed by atoms with E-state index in [4.69, 9.17) is 28.3 Å². The quantitative estimate of drug-likeness (QED) is 0.786. The highest BCUT2D eigenvalue weighted by atomic mass is 35.5. The summed E-state index contributed by atoms with van der Waals surface area (Å²) in [5.74, 6) is -0.391. The Morgan fingerprint density at radius 2 is 2.17 bits per heavy atom. The predicted octanol–water partition coefficient (Wildman–Crippen LogP) is 2.80. The van der Waals surface area contributed by atoms with E-state index in [1.807, 2.05) is 0 Å². The topological polar surface area (TPSA) is 40.5 Å². The van der Waals surface area contributed by atoms with E-state index < -0.39 is 18.8 Å². The molecule has 0 amide bonds. The zero-order chi connectivity index (χ0) is 13.7. The van der Waals surface area contributed by atoms with Gasteiger partial charge in [-0.3, -0.25) is 9.69 Å². The Balaban J connectivity index is 2.68. The number of rotatable bonds is 7. The highest BCUT2D eigenvalue weighted by Gasteiger charge is 2.19. The van der Waals surface area contributed by atoms with Gasteiger partial charge in [0.1, 0.15) is 4.34 Å². The Kier molecular flexibility index (Phi) is 6.45.